The SMILES string of the molecule is N=O.O.[K+].[OH-]. The van der Waals surface area contributed by atoms with Gasteiger partial charge in [-0.05, 0) is 0 Å². The fourth-order valence-electron chi connectivity index (χ4n) is 0. The van der Waals surface area contributed by atoms with Gasteiger partial charge in [0.25, 0.3) is 0 Å². The first-order chi connectivity index (χ1) is 1.00. The van der Waals surface area contributed by atoms with Crippen LogP contribution in [0.25, 0.3) is 0 Å². The van der Waals surface area contributed by atoms with Crippen molar-refractivity contribution in [3.63, 3.8) is 0 Å². The van der Waals surface area contributed by atoms with Gasteiger partial charge in [-0.1, -0.05) is 5.59 Å². The summed E-state index contributed by atoms with van der Waals surface area (Å²) in [7, 11) is 0. The van der Waals surface area contributed by atoms with Crippen molar-refractivity contribution in [1.29, 1.82) is 5.59 Å². The Morgan fingerprint density at radius 2 is 1.20 bits per heavy atom. The molecule has 0 aromatic heterocycles. The number of hydrogen-bond acceptors (Lipinski definition) is 3. The molecular formula is H4KNO3. The van der Waals surface area contributed by atoms with E-state index in [0.717, 1.165) is 0 Å². The molecule has 28 valence electrons. The normalized spacial score (nSPS) is 0.800. The van der Waals surface area contributed by atoms with Gasteiger partial charge in [-0.3, -0.25) is 0 Å². The molecule has 0 rings (SSSR count). The van der Waals surface area contributed by atoms with Gasteiger partial charge in [0, 0.05) is 0 Å². The van der Waals surface area contributed by atoms with Gasteiger partial charge >= 0.3 is 51.4 Å². The third-order valence-electron chi connectivity index (χ3n) is 0. The zero-order valence-corrected chi connectivity index (χ0v) is 5.98. The molecule has 0 fully saturated rings. The van der Waals surface area contributed by atoms with E-state index in [2.05, 4.69) is 5.59 Å². The molecule has 0 heterocycles. The first kappa shape index (κ1) is 35.2. The molecule has 4 nitrogen and oxygen atoms in total. The minimum Gasteiger partial charge on any atom is -0.870 e. The van der Waals surface area contributed by atoms with Gasteiger partial charge < -0.3 is 11.0 Å². The van der Waals surface area contributed by atoms with Crippen LogP contribution >= 0.6 is 0 Å². The van der Waals surface area contributed by atoms with E-state index in [9.17, 15) is 0 Å². The van der Waals surface area contributed by atoms with Gasteiger partial charge in [-0.2, -0.15) is 4.91 Å². The average molecular weight is 105 g/mol. The molecule has 0 unspecified atom stereocenters. The fraction of sp³-hybridized carbons (Fsp3) is 0. The van der Waals surface area contributed by atoms with Gasteiger partial charge in [0.05, 0.1) is 0 Å². The van der Waals surface area contributed by atoms with Gasteiger partial charge in [-0.15, -0.1) is 0 Å². The molecular weight excluding hydrogens is 101 g/mol. The van der Waals surface area contributed by atoms with Crippen LogP contribution in [0.5, 0.6) is 0 Å². The van der Waals surface area contributed by atoms with Crippen molar-refractivity contribution in [2.75, 3.05) is 0 Å². The summed E-state index contributed by atoms with van der Waals surface area (Å²) in [5.74, 6) is 0. The monoisotopic (exact) mass is 105 g/mol. The number of nitrogens with one attached hydrogen (secondary N) is 1. The van der Waals surface area contributed by atoms with Crippen molar-refractivity contribution in [1.82, 2.24) is 0 Å². The molecule has 0 atom stereocenters. The smallest absolute Gasteiger partial charge is 0.870 e. The Labute approximate surface area is 71.7 Å². The summed E-state index contributed by atoms with van der Waals surface area (Å²) < 4.78 is 0. The molecule has 0 aliphatic carbocycles. The second-order valence-electron chi connectivity index (χ2n) is 0. The molecule has 0 saturated heterocycles. The van der Waals surface area contributed by atoms with Crippen molar-refractivity contribution in [2.45, 2.75) is 0 Å². The molecule has 0 aromatic carbocycles. The van der Waals surface area contributed by atoms with E-state index >= 15 is 0 Å². The van der Waals surface area contributed by atoms with Gasteiger partial charge in [0.15, 0.2) is 0 Å². The minimum atomic E-state index is 0. The van der Waals surface area contributed by atoms with E-state index < -0.39 is 0 Å². The minimum absolute atomic E-state index is 0. The quantitative estimate of drug-likeness (QED) is 0.253. The topological polar surface area (TPSA) is 102 Å². The summed E-state index contributed by atoms with van der Waals surface area (Å²) in [5.41, 5.74) is 4.50. The maximum Gasteiger partial charge on any atom is 1.00 e. The Kier molecular flexibility index (Phi) is 469. The second-order valence-corrected chi connectivity index (χ2v) is 0. The van der Waals surface area contributed by atoms with E-state index in [1.165, 1.54) is 0 Å². The maximum absolute atomic E-state index is 7.50. The number of nitroso groups, excluding NO2 is 1. The van der Waals surface area contributed by atoms with Gasteiger partial charge in [0.2, 0.25) is 0 Å². The zero-order valence-electron chi connectivity index (χ0n) is 2.86. The van der Waals surface area contributed by atoms with Crippen molar-refractivity contribution in [3.05, 3.63) is 4.91 Å². The van der Waals surface area contributed by atoms with E-state index in [1.807, 2.05) is 0 Å². The van der Waals surface area contributed by atoms with E-state index in [4.69, 9.17) is 4.91 Å². The average Bonchev–Trinajstić information content (AvgIpc) is 1.00. The Hall–Kier alpha value is 1.16. The van der Waals surface area contributed by atoms with Crippen LogP contribution in [0.4, 0.5) is 0 Å². The predicted molar refractivity (Wildman–Crippen MR) is 11.6 cm³/mol. The van der Waals surface area contributed by atoms with Gasteiger partial charge in [0.1, 0.15) is 0 Å². The molecule has 0 spiro atoms. The largest absolute Gasteiger partial charge is 1.00 e. The van der Waals surface area contributed by atoms with Gasteiger partial charge in [-0.25, -0.2) is 0 Å². The molecule has 0 aromatic rings. The van der Waals surface area contributed by atoms with Crippen LogP contribution in [0.1, 0.15) is 0 Å². The Balaban J connectivity index is -0.00000000167. The second kappa shape index (κ2) is 66.6. The summed E-state index contributed by atoms with van der Waals surface area (Å²) in [6.45, 7) is 0. The van der Waals surface area contributed by atoms with Crippen LogP contribution < -0.4 is 51.4 Å². The first-order valence-electron chi connectivity index (χ1n) is 0.204. The molecule has 0 bridgehead atoms. The molecule has 5 heavy (non-hydrogen) atoms. The van der Waals surface area contributed by atoms with Crippen LogP contribution in [0.3, 0.4) is 0 Å². The summed E-state index contributed by atoms with van der Waals surface area (Å²) in [6, 6.07) is 0. The van der Waals surface area contributed by atoms with Crippen LogP contribution in [-0.2, 0) is 0 Å². The van der Waals surface area contributed by atoms with Crippen LogP contribution in [0, 0.1) is 10.5 Å². The molecule has 4 N–H and O–H groups in total. The van der Waals surface area contributed by atoms with Crippen LogP contribution in [0.2, 0.25) is 0 Å². The Morgan fingerprint density at radius 3 is 1.20 bits per heavy atom. The summed E-state index contributed by atoms with van der Waals surface area (Å²) in [6.07, 6.45) is 0. The van der Waals surface area contributed by atoms with Crippen LogP contribution in [0.15, 0.2) is 0 Å². The molecule has 5 heteroatoms. The number of rotatable bonds is 0. The standard InChI is InChI=1S/K.HNO.2H2O/c;1-2;;/h;1H;2*1H2/q+1;;;/p-1. The fourth-order valence-corrected chi connectivity index (χ4v) is 0. The maximum atomic E-state index is 7.50. The van der Waals surface area contributed by atoms with Crippen molar-refractivity contribution in [2.24, 2.45) is 0 Å². The molecule has 0 radical (unpaired) electrons. The Bertz CT molecular complexity index is 6.85. The first-order valence-corrected chi connectivity index (χ1v) is 0.204. The third-order valence-corrected chi connectivity index (χ3v) is 0. The predicted octanol–water partition coefficient (Wildman–Crippen LogP) is -3.67. The zero-order chi connectivity index (χ0) is 2.00. The van der Waals surface area contributed by atoms with E-state index in [-0.39, 0.29) is 62.3 Å². The summed E-state index contributed by atoms with van der Waals surface area (Å²) >= 11 is 0. The molecule has 0 aliphatic rings. The number of hydrogen-bond donors (Lipinski definition) is 1. The van der Waals surface area contributed by atoms with Crippen molar-refractivity contribution < 1.29 is 62.3 Å². The molecule has 0 aliphatic heterocycles. The van der Waals surface area contributed by atoms with Crippen LogP contribution in [-0.4, -0.2) is 11.0 Å². The molecule has 0 amide bonds. The van der Waals surface area contributed by atoms with Crippen molar-refractivity contribution in [3.8, 4) is 0 Å². The summed E-state index contributed by atoms with van der Waals surface area (Å²) in [4.78, 5) is 7.50. The van der Waals surface area contributed by atoms with E-state index in [1.54, 1.807) is 0 Å². The molecule has 0 saturated carbocycles. The Morgan fingerprint density at radius 1 is 1.20 bits per heavy atom. The van der Waals surface area contributed by atoms with E-state index in [0.29, 0.717) is 0 Å². The summed E-state index contributed by atoms with van der Waals surface area (Å²) in [5, 5.41) is 0. The third kappa shape index (κ3) is 38.4. The van der Waals surface area contributed by atoms with Crippen molar-refractivity contribution >= 4 is 0 Å².